The SMILES string of the molecule is CCOc1ccc(N2C(=S)N[C@@H](c3ccccn3)[C@H]2c2cc(C)n(-c3ccc4c(c3)OCO4)c2C)cc1. The van der Waals surface area contributed by atoms with Crippen LogP contribution < -0.4 is 24.4 Å². The first-order valence-electron chi connectivity index (χ1n) is 12.4. The normalized spacial score (nSPS) is 18.2. The monoisotopic (exact) mass is 512 g/mol. The minimum atomic E-state index is -0.119. The second-order valence-electron chi connectivity index (χ2n) is 9.12. The van der Waals surface area contributed by atoms with Crippen LogP contribution in [0.2, 0.25) is 0 Å². The van der Waals surface area contributed by atoms with Gasteiger partial charge in [0.15, 0.2) is 16.6 Å². The van der Waals surface area contributed by atoms with E-state index in [1.54, 1.807) is 0 Å². The molecule has 2 atom stereocenters. The van der Waals surface area contributed by atoms with Crippen LogP contribution in [0.25, 0.3) is 5.69 Å². The Morgan fingerprint density at radius 2 is 1.78 bits per heavy atom. The number of hydrogen-bond acceptors (Lipinski definition) is 5. The standard InChI is InChI=1S/C29H28N4O3S/c1-4-34-22-11-8-20(9-12-22)33-28(27(31-29(33)37)24-7-5-6-14-30-24)23-15-18(2)32(19(23)3)21-10-13-25-26(16-21)36-17-35-25/h5-16,27-28H,4,17H2,1-3H3,(H,31,37)/t27-,28+/m0/s1. The first-order valence-corrected chi connectivity index (χ1v) is 12.8. The van der Waals surface area contributed by atoms with E-state index < -0.39 is 0 Å². The summed E-state index contributed by atoms with van der Waals surface area (Å²) in [4.78, 5) is 6.88. The maximum atomic E-state index is 5.91. The van der Waals surface area contributed by atoms with Crippen molar-refractivity contribution >= 4 is 23.0 Å². The van der Waals surface area contributed by atoms with Gasteiger partial charge in [-0.05, 0) is 93.1 Å². The van der Waals surface area contributed by atoms with Gasteiger partial charge in [-0.3, -0.25) is 4.98 Å². The molecule has 4 aromatic rings. The highest BCUT2D eigenvalue weighted by atomic mass is 32.1. The number of ether oxygens (including phenoxy) is 3. The maximum absolute atomic E-state index is 5.91. The zero-order valence-corrected chi connectivity index (χ0v) is 21.8. The summed E-state index contributed by atoms with van der Waals surface area (Å²) in [6.45, 7) is 7.14. The molecule has 2 aliphatic heterocycles. The summed E-state index contributed by atoms with van der Waals surface area (Å²) in [7, 11) is 0. The first-order chi connectivity index (χ1) is 18.0. The van der Waals surface area contributed by atoms with Crippen molar-refractivity contribution in [2.24, 2.45) is 0 Å². The number of aromatic nitrogens is 2. The van der Waals surface area contributed by atoms with Gasteiger partial charge in [-0.1, -0.05) is 6.07 Å². The number of hydrogen-bond donors (Lipinski definition) is 1. The number of pyridine rings is 1. The molecule has 0 unspecified atom stereocenters. The molecule has 37 heavy (non-hydrogen) atoms. The van der Waals surface area contributed by atoms with Crippen molar-refractivity contribution in [3.05, 3.63) is 95.6 Å². The van der Waals surface area contributed by atoms with Crippen molar-refractivity contribution in [3.8, 4) is 22.9 Å². The van der Waals surface area contributed by atoms with Crippen LogP contribution in [0.5, 0.6) is 17.2 Å². The van der Waals surface area contributed by atoms with E-state index in [0.717, 1.165) is 45.7 Å². The minimum absolute atomic E-state index is 0.102. The number of anilines is 1. The van der Waals surface area contributed by atoms with Gasteiger partial charge in [0.05, 0.1) is 24.4 Å². The number of thiocarbonyl (C=S) groups is 1. The second kappa shape index (κ2) is 9.44. The van der Waals surface area contributed by atoms with Crippen LogP contribution in [0.15, 0.2) is 72.9 Å². The molecular weight excluding hydrogens is 484 g/mol. The highest BCUT2D eigenvalue weighted by Crippen LogP contribution is 2.44. The van der Waals surface area contributed by atoms with Crippen LogP contribution in [0.1, 0.15) is 41.7 Å². The Labute approximate surface area is 221 Å². The van der Waals surface area contributed by atoms with E-state index in [2.05, 4.69) is 57.9 Å². The molecule has 0 radical (unpaired) electrons. The highest BCUT2D eigenvalue weighted by molar-refractivity contribution is 7.80. The molecule has 1 N–H and O–H groups in total. The molecule has 0 amide bonds. The number of rotatable bonds is 6. The van der Waals surface area contributed by atoms with Gasteiger partial charge in [-0.2, -0.15) is 0 Å². The molecule has 0 saturated carbocycles. The van der Waals surface area contributed by atoms with Gasteiger partial charge >= 0.3 is 0 Å². The molecule has 0 bridgehead atoms. The van der Waals surface area contributed by atoms with Gasteiger partial charge < -0.3 is 29.0 Å². The molecule has 1 saturated heterocycles. The number of aryl methyl sites for hydroxylation is 1. The molecule has 0 aliphatic carbocycles. The molecular formula is C29H28N4O3S. The van der Waals surface area contributed by atoms with Crippen LogP contribution in [-0.2, 0) is 0 Å². The number of nitrogens with one attached hydrogen (secondary N) is 1. The zero-order chi connectivity index (χ0) is 25.5. The van der Waals surface area contributed by atoms with E-state index in [-0.39, 0.29) is 18.9 Å². The Morgan fingerprint density at radius 3 is 2.54 bits per heavy atom. The Balaban J connectivity index is 1.47. The number of nitrogens with zero attached hydrogens (tertiary/aromatic N) is 3. The fourth-order valence-corrected chi connectivity index (χ4v) is 5.67. The van der Waals surface area contributed by atoms with E-state index in [0.29, 0.717) is 11.7 Å². The summed E-state index contributed by atoms with van der Waals surface area (Å²) in [6.07, 6.45) is 1.83. The summed E-state index contributed by atoms with van der Waals surface area (Å²) in [6, 6.07) is 22.2. The summed E-state index contributed by atoms with van der Waals surface area (Å²) in [5.41, 5.74) is 6.39. The van der Waals surface area contributed by atoms with Crippen molar-refractivity contribution in [2.75, 3.05) is 18.3 Å². The summed E-state index contributed by atoms with van der Waals surface area (Å²) in [5, 5.41) is 4.22. The van der Waals surface area contributed by atoms with Crippen LogP contribution in [0, 0.1) is 13.8 Å². The van der Waals surface area contributed by atoms with Gasteiger partial charge in [0.25, 0.3) is 0 Å². The van der Waals surface area contributed by atoms with Crippen LogP contribution in [-0.4, -0.2) is 28.1 Å². The topological polar surface area (TPSA) is 60.8 Å². The lowest BCUT2D eigenvalue weighted by Gasteiger charge is -2.28. The molecule has 2 aromatic heterocycles. The van der Waals surface area contributed by atoms with Crippen molar-refractivity contribution < 1.29 is 14.2 Å². The Morgan fingerprint density at radius 1 is 1.00 bits per heavy atom. The van der Waals surface area contributed by atoms with Crippen LogP contribution >= 0.6 is 12.2 Å². The Bertz CT molecular complexity index is 1450. The third kappa shape index (κ3) is 4.07. The number of fused-ring (bicyclic) bond motifs is 1. The van der Waals surface area contributed by atoms with Crippen molar-refractivity contribution in [2.45, 2.75) is 32.9 Å². The smallest absolute Gasteiger partial charge is 0.231 e. The molecule has 7 nitrogen and oxygen atoms in total. The fourth-order valence-electron chi connectivity index (χ4n) is 5.33. The molecule has 6 rings (SSSR count). The maximum Gasteiger partial charge on any atom is 0.231 e. The molecule has 8 heteroatoms. The third-order valence-electron chi connectivity index (χ3n) is 6.93. The summed E-state index contributed by atoms with van der Waals surface area (Å²) >= 11 is 5.91. The predicted octanol–water partition coefficient (Wildman–Crippen LogP) is 5.79. The van der Waals surface area contributed by atoms with Crippen molar-refractivity contribution in [1.29, 1.82) is 0 Å². The lowest BCUT2D eigenvalue weighted by atomic mass is 9.96. The Kier molecular flexibility index (Phi) is 5.96. The third-order valence-corrected chi connectivity index (χ3v) is 7.24. The van der Waals surface area contributed by atoms with Gasteiger partial charge in [-0.25, -0.2) is 0 Å². The minimum Gasteiger partial charge on any atom is -0.494 e. The largest absolute Gasteiger partial charge is 0.494 e. The molecule has 0 spiro atoms. The lowest BCUT2D eigenvalue weighted by Crippen LogP contribution is -2.29. The predicted molar refractivity (Wildman–Crippen MR) is 147 cm³/mol. The van der Waals surface area contributed by atoms with E-state index >= 15 is 0 Å². The summed E-state index contributed by atoms with van der Waals surface area (Å²) < 4.78 is 19.1. The van der Waals surface area contributed by atoms with Crippen LogP contribution in [0.3, 0.4) is 0 Å². The van der Waals surface area contributed by atoms with Gasteiger partial charge in [-0.15, -0.1) is 0 Å². The average Bonchev–Trinajstić information content (AvgIpc) is 3.60. The van der Waals surface area contributed by atoms with E-state index in [9.17, 15) is 0 Å². The second-order valence-corrected chi connectivity index (χ2v) is 9.51. The van der Waals surface area contributed by atoms with E-state index in [1.807, 2.05) is 55.6 Å². The van der Waals surface area contributed by atoms with E-state index in [4.69, 9.17) is 26.4 Å². The molecule has 1 fully saturated rings. The lowest BCUT2D eigenvalue weighted by molar-refractivity contribution is 0.174. The van der Waals surface area contributed by atoms with Gasteiger partial charge in [0, 0.05) is 35.0 Å². The van der Waals surface area contributed by atoms with Crippen molar-refractivity contribution in [1.82, 2.24) is 14.9 Å². The quantitative estimate of drug-likeness (QED) is 0.328. The van der Waals surface area contributed by atoms with Gasteiger partial charge in [0.1, 0.15) is 5.75 Å². The zero-order valence-electron chi connectivity index (χ0n) is 21.0. The summed E-state index contributed by atoms with van der Waals surface area (Å²) in [5.74, 6) is 2.37. The Hall–Kier alpha value is -4.04. The van der Waals surface area contributed by atoms with Gasteiger partial charge in [0.2, 0.25) is 6.79 Å². The fraction of sp³-hybridized carbons (Fsp3) is 0.241. The highest BCUT2D eigenvalue weighted by Gasteiger charge is 2.42. The number of benzene rings is 2. The van der Waals surface area contributed by atoms with Crippen LogP contribution in [0.4, 0.5) is 5.69 Å². The molecule has 2 aliphatic rings. The first kappa shape index (κ1) is 23.4. The van der Waals surface area contributed by atoms with Crippen molar-refractivity contribution in [3.63, 3.8) is 0 Å². The molecule has 188 valence electrons. The average molecular weight is 513 g/mol. The van der Waals surface area contributed by atoms with E-state index in [1.165, 1.54) is 5.56 Å². The molecule has 2 aromatic carbocycles. The molecule has 4 heterocycles.